The number of carbonyl (C=O) groups excluding carboxylic acids is 2. The number of ether oxygens (including phenoxy) is 2. The van der Waals surface area contributed by atoms with Gasteiger partial charge in [-0.2, -0.15) is 0 Å². The number of nitrogens with zero attached hydrogens (tertiary/aromatic N) is 1. The summed E-state index contributed by atoms with van der Waals surface area (Å²) in [6.45, 7) is 4.32. The molecule has 0 bridgehead atoms. The van der Waals surface area contributed by atoms with Crippen molar-refractivity contribution in [2.45, 2.75) is 39.7 Å². The summed E-state index contributed by atoms with van der Waals surface area (Å²) < 4.78 is 9.82. The van der Waals surface area contributed by atoms with Gasteiger partial charge in [0, 0.05) is 12.5 Å². The fourth-order valence-corrected chi connectivity index (χ4v) is 2.10. The molecule has 1 aromatic carbocycles. The lowest BCUT2D eigenvalue weighted by atomic mass is 9.88. The van der Waals surface area contributed by atoms with Crippen LogP contribution in [-0.2, 0) is 23.9 Å². The maximum Gasteiger partial charge on any atom is 0.358 e. The summed E-state index contributed by atoms with van der Waals surface area (Å²) in [5.74, 6) is -3.11. The van der Waals surface area contributed by atoms with E-state index in [2.05, 4.69) is 0 Å². The molecule has 1 atom stereocenters. The molecule has 0 aliphatic carbocycles. The van der Waals surface area contributed by atoms with E-state index in [1.54, 1.807) is 30.3 Å². The highest BCUT2D eigenvalue weighted by atomic mass is 16.6. The molecular formula is C19H23NO8. The Hall–Kier alpha value is -3.23. The predicted octanol–water partition coefficient (Wildman–Crippen LogP) is 2.67. The zero-order chi connectivity index (χ0) is 21.3. The average molecular weight is 393 g/mol. The van der Waals surface area contributed by atoms with Crippen LogP contribution in [0.1, 0.15) is 39.2 Å². The third-order valence-electron chi connectivity index (χ3n) is 3.88. The van der Waals surface area contributed by atoms with Crippen LogP contribution in [0.4, 0.5) is 0 Å². The second kappa shape index (κ2) is 10.2. The number of esters is 2. The molecule has 1 aromatic rings. The van der Waals surface area contributed by atoms with Crippen LogP contribution < -0.4 is 0 Å². The highest BCUT2D eigenvalue weighted by molar-refractivity contribution is 5.83. The van der Waals surface area contributed by atoms with Gasteiger partial charge in [0.05, 0.1) is 16.9 Å². The van der Waals surface area contributed by atoms with E-state index in [0.717, 1.165) is 6.08 Å². The second-order valence-electron chi connectivity index (χ2n) is 6.55. The zero-order valence-corrected chi connectivity index (χ0v) is 15.9. The van der Waals surface area contributed by atoms with Crippen LogP contribution in [0, 0.1) is 15.5 Å². The van der Waals surface area contributed by atoms with Gasteiger partial charge >= 0.3 is 17.9 Å². The van der Waals surface area contributed by atoms with Gasteiger partial charge in [0.15, 0.2) is 0 Å². The van der Waals surface area contributed by atoms with E-state index in [1.807, 2.05) is 0 Å². The van der Waals surface area contributed by atoms with Crippen molar-refractivity contribution >= 4 is 24.0 Å². The number of carbonyl (C=O) groups is 3. The highest BCUT2D eigenvalue weighted by Gasteiger charge is 2.37. The molecule has 0 unspecified atom stereocenters. The maximum absolute atomic E-state index is 12.2. The van der Waals surface area contributed by atoms with Crippen molar-refractivity contribution in [1.82, 2.24) is 0 Å². The number of hydrogen-bond acceptors (Lipinski definition) is 7. The molecule has 1 N–H and O–H groups in total. The number of carboxylic acids is 1. The fourth-order valence-electron chi connectivity index (χ4n) is 2.10. The number of benzene rings is 1. The normalized spacial score (nSPS) is 12.8. The summed E-state index contributed by atoms with van der Waals surface area (Å²) in [5, 5.41) is 20.6. The topological polar surface area (TPSA) is 133 Å². The van der Waals surface area contributed by atoms with Crippen LogP contribution in [0.3, 0.4) is 0 Å². The quantitative estimate of drug-likeness (QED) is 0.364. The summed E-state index contributed by atoms with van der Waals surface area (Å²) in [4.78, 5) is 46.1. The molecule has 28 heavy (non-hydrogen) atoms. The lowest BCUT2D eigenvalue weighted by Gasteiger charge is -2.19. The Morgan fingerprint density at radius 3 is 2.36 bits per heavy atom. The van der Waals surface area contributed by atoms with Gasteiger partial charge in [-0.05, 0) is 32.8 Å². The van der Waals surface area contributed by atoms with Gasteiger partial charge in [-0.15, -0.1) is 0 Å². The van der Waals surface area contributed by atoms with Crippen LogP contribution >= 0.6 is 0 Å². The summed E-state index contributed by atoms with van der Waals surface area (Å²) in [6, 6.07) is 8.20. The first-order chi connectivity index (χ1) is 13.1. The largest absolute Gasteiger partial charge is 0.481 e. The van der Waals surface area contributed by atoms with E-state index in [-0.39, 0.29) is 19.4 Å². The molecule has 1 rings (SSSR count). The van der Waals surface area contributed by atoms with Crippen molar-refractivity contribution in [3.8, 4) is 0 Å². The van der Waals surface area contributed by atoms with Gasteiger partial charge in [0.2, 0.25) is 0 Å². The van der Waals surface area contributed by atoms with Gasteiger partial charge in [-0.1, -0.05) is 30.3 Å². The first kappa shape index (κ1) is 22.8. The molecule has 0 spiro atoms. The Morgan fingerprint density at radius 2 is 1.86 bits per heavy atom. The number of aliphatic carboxylic acids is 1. The molecular weight excluding hydrogens is 370 g/mol. The number of nitro groups is 1. The van der Waals surface area contributed by atoms with Crippen LogP contribution in [-0.4, -0.2) is 40.6 Å². The van der Waals surface area contributed by atoms with E-state index < -0.39 is 40.0 Å². The van der Waals surface area contributed by atoms with Crippen molar-refractivity contribution in [2.24, 2.45) is 5.41 Å². The molecule has 9 heteroatoms. The van der Waals surface area contributed by atoms with Crippen molar-refractivity contribution in [3.63, 3.8) is 0 Å². The van der Waals surface area contributed by atoms with Crippen molar-refractivity contribution < 1.29 is 33.9 Å². The molecule has 0 heterocycles. The van der Waals surface area contributed by atoms with E-state index >= 15 is 0 Å². The molecule has 0 amide bonds. The maximum atomic E-state index is 12.2. The Kier molecular flexibility index (Phi) is 8.30. The molecule has 9 nitrogen and oxygen atoms in total. The Bertz CT molecular complexity index is 754. The predicted molar refractivity (Wildman–Crippen MR) is 98.6 cm³/mol. The Morgan fingerprint density at radius 1 is 1.25 bits per heavy atom. The lowest BCUT2D eigenvalue weighted by molar-refractivity contribution is -0.432. The van der Waals surface area contributed by atoms with E-state index in [4.69, 9.17) is 14.6 Å². The van der Waals surface area contributed by atoms with Gasteiger partial charge in [-0.3, -0.25) is 19.7 Å². The third kappa shape index (κ3) is 6.82. The Labute approximate surface area is 162 Å². The van der Waals surface area contributed by atoms with E-state index in [9.17, 15) is 24.5 Å². The van der Waals surface area contributed by atoms with Gasteiger partial charge in [0.1, 0.15) is 0 Å². The second-order valence-corrected chi connectivity index (χ2v) is 6.55. The van der Waals surface area contributed by atoms with E-state index in [0.29, 0.717) is 5.56 Å². The summed E-state index contributed by atoms with van der Waals surface area (Å²) in [7, 11) is 0. The van der Waals surface area contributed by atoms with Crippen molar-refractivity contribution in [3.05, 3.63) is 51.7 Å². The van der Waals surface area contributed by atoms with Crippen LogP contribution in [0.2, 0.25) is 0 Å². The first-order valence-corrected chi connectivity index (χ1v) is 8.59. The van der Waals surface area contributed by atoms with Crippen LogP contribution in [0.15, 0.2) is 36.0 Å². The zero-order valence-electron chi connectivity index (χ0n) is 15.9. The summed E-state index contributed by atoms with van der Waals surface area (Å²) >= 11 is 0. The SMILES string of the molecule is CCOC(=O)[C@H](OC(=O)CCC(C)(C)C(=O)O)/C(=C\c1ccccc1)[N+](=O)[O-]. The van der Waals surface area contributed by atoms with Gasteiger partial charge in [-0.25, -0.2) is 4.79 Å². The number of carboxylic acid groups (broad SMARTS) is 1. The van der Waals surface area contributed by atoms with Crippen molar-refractivity contribution in [1.29, 1.82) is 0 Å². The highest BCUT2D eigenvalue weighted by Crippen LogP contribution is 2.23. The fraction of sp³-hybridized carbons (Fsp3) is 0.421. The smallest absolute Gasteiger partial charge is 0.358 e. The standard InChI is InChI=1S/C19H23NO8/c1-4-27-17(22)16(28-15(21)10-11-19(2,3)18(23)24)14(20(25)26)12-13-8-6-5-7-9-13/h5-9,12,16H,4,10-11H2,1-3H3,(H,23,24)/b14-12+/t16-/m1/s1. The average Bonchev–Trinajstić information content (AvgIpc) is 2.63. The molecule has 0 radical (unpaired) electrons. The third-order valence-corrected chi connectivity index (χ3v) is 3.88. The minimum absolute atomic E-state index is 0.0603. The van der Waals surface area contributed by atoms with Crippen LogP contribution in [0.5, 0.6) is 0 Å². The molecule has 0 saturated heterocycles. The molecule has 0 aromatic heterocycles. The minimum Gasteiger partial charge on any atom is -0.481 e. The number of hydrogen-bond donors (Lipinski definition) is 1. The number of rotatable bonds is 10. The van der Waals surface area contributed by atoms with Gasteiger partial charge in [0.25, 0.3) is 11.8 Å². The minimum atomic E-state index is -1.87. The molecule has 0 aliphatic heterocycles. The Balaban J connectivity index is 3.08. The summed E-state index contributed by atoms with van der Waals surface area (Å²) in [6.07, 6.45) is -1.13. The molecule has 0 saturated carbocycles. The molecule has 0 aliphatic rings. The monoisotopic (exact) mass is 393 g/mol. The summed E-state index contributed by atoms with van der Waals surface area (Å²) in [5.41, 5.74) is -1.41. The lowest BCUT2D eigenvalue weighted by Crippen LogP contribution is -2.34. The van der Waals surface area contributed by atoms with Crippen molar-refractivity contribution in [2.75, 3.05) is 6.61 Å². The molecule has 152 valence electrons. The van der Waals surface area contributed by atoms with Gasteiger partial charge < -0.3 is 14.6 Å². The first-order valence-electron chi connectivity index (χ1n) is 8.59. The van der Waals surface area contributed by atoms with Crippen LogP contribution in [0.25, 0.3) is 6.08 Å². The van der Waals surface area contributed by atoms with E-state index in [1.165, 1.54) is 20.8 Å². The molecule has 0 fully saturated rings.